The Hall–Kier alpha value is -4.34. The van der Waals surface area contributed by atoms with Gasteiger partial charge in [0.25, 0.3) is 5.91 Å². The van der Waals surface area contributed by atoms with Crippen LogP contribution in [0.4, 0.5) is 11.6 Å². The Morgan fingerprint density at radius 1 is 1.03 bits per heavy atom. The summed E-state index contributed by atoms with van der Waals surface area (Å²) in [6.07, 6.45) is 3.31. The van der Waals surface area contributed by atoms with Crippen molar-refractivity contribution in [1.29, 1.82) is 0 Å². The molecule has 3 N–H and O–H groups in total. The number of aromatic nitrogens is 6. The second-order valence-corrected chi connectivity index (χ2v) is 8.05. The standard InChI is InChI=1S/C24H26N8O2/c1-14(2)34-19-7-6-18(25-13-19)12-27-24(33)20-8-5-17(11-26-20)23-28-15(3)9-21(30-23)29-22-10-16(4)31-32-22/h5-11,13-14H,12H2,1-4H3,(H,27,33)(H2,28,29,30,31,32). The molecule has 0 fully saturated rings. The summed E-state index contributed by atoms with van der Waals surface area (Å²) >= 11 is 0. The number of nitrogens with one attached hydrogen (secondary N) is 3. The van der Waals surface area contributed by atoms with E-state index in [0.29, 0.717) is 34.5 Å². The van der Waals surface area contributed by atoms with Crippen LogP contribution in [0, 0.1) is 13.8 Å². The summed E-state index contributed by atoms with van der Waals surface area (Å²) in [7, 11) is 0. The van der Waals surface area contributed by atoms with Gasteiger partial charge in [0.2, 0.25) is 0 Å². The van der Waals surface area contributed by atoms with Crippen molar-refractivity contribution in [3.63, 3.8) is 0 Å². The molecule has 0 radical (unpaired) electrons. The number of H-pyrrole nitrogens is 1. The second kappa shape index (κ2) is 10.1. The molecule has 0 spiro atoms. The highest BCUT2D eigenvalue weighted by molar-refractivity contribution is 5.92. The minimum absolute atomic E-state index is 0.0786. The van der Waals surface area contributed by atoms with E-state index >= 15 is 0 Å². The summed E-state index contributed by atoms with van der Waals surface area (Å²) in [5.74, 6) is 2.19. The van der Waals surface area contributed by atoms with Crippen molar-refractivity contribution in [3.05, 3.63) is 71.6 Å². The third-order valence-electron chi connectivity index (χ3n) is 4.67. The lowest BCUT2D eigenvalue weighted by molar-refractivity contribution is 0.0945. The molecular weight excluding hydrogens is 432 g/mol. The highest BCUT2D eigenvalue weighted by Crippen LogP contribution is 2.20. The SMILES string of the molecule is Cc1cc(Nc2cc(C)[nH]n2)nc(-c2ccc(C(=O)NCc3ccc(OC(C)C)cn3)nc2)n1. The number of amides is 1. The van der Waals surface area contributed by atoms with Crippen LogP contribution in [0.5, 0.6) is 5.75 Å². The van der Waals surface area contributed by atoms with E-state index in [2.05, 4.69) is 40.8 Å². The van der Waals surface area contributed by atoms with Crippen LogP contribution in [0.25, 0.3) is 11.4 Å². The van der Waals surface area contributed by atoms with Crippen LogP contribution < -0.4 is 15.4 Å². The monoisotopic (exact) mass is 458 g/mol. The van der Waals surface area contributed by atoms with Crippen molar-refractivity contribution in [1.82, 2.24) is 35.5 Å². The third kappa shape index (κ3) is 5.91. The fourth-order valence-corrected chi connectivity index (χ4v) is 3.15. The fraction of sp³-hybridized carbons (Fsp3) is 0.250. The maximum absolute atomic E-state index is 12.5. The Kier molecular flexibility index (Phi) is 6.77. The molecule has 0 aromatic carbocycles. The zero-order chi connectivity index (χ0) is 24.1. The summed E-state index contributed by atoms with van der Waals surface area (Å²) < 4.78 is 5.58. The zero-order valence-electron chi connectivity index (χ0n) is 19.5. The first kappa shape index (κ1) is 22.8. The van der Waals surface area contributed by atoms with Crippen molar-refractivity contribution < 1.29 is 9.53 Å². The van der Waals surface area contributed by atoms with E-state index < -0.39 is 0 Å². The topological polar surface area (TPSA) is 131 Å². The second-order valence-electron chi connectivity index (χ2n) is 8.05. The van der Waals surface area contributed by atoms with Gasteiger partial charge in [-0.1, -0.05) is 0 Å². The zero-order valence-corrected chi connectivity index (χ0v) is 19.5. The molecule has 0 atom stereocenters. The quantitative estimate of drug-likeness (QED) is 0.364. The van der Waals surface area contributed by atoms with E-state index in [4.69, 9.17) is 4.74 Å². The number of hydrogen-bond acceptors (Lipinski definition) is 8. The maximum Gasteiger partial charge on any atom is 0.270 e. The first-order chi connectivity index (χ1) is 16.4. The normalized spacial score (nSPS) is 10.9. The van der Waals surface area contributed by atoms with Gasteiger partial charge in [-0.15, -0.1) is 0 Å². The van der Waals surface area contributed by atoms with Gasteiger partial charge in [-0.2, -0.15) is 5.10 Å². The van der Waals surface area contributed by atoms with Crippen LogP contribution >= 0.6 is 0 Å². The molecule has 0 aliphatic carbocycles. The summed E-state index contributed by atoms with van der Waals surface area (Å²) in [5.41, 5.74) is 3.45. The largest absolute Gasteiger partial charge is 0.489 e. The Labute approximate surface area is 197 Å². The van der Waals surface area contributed by atoms with Gasteiger partial charge >= 0.3 is 0 Å². The molecule has 0 unspecified atom stereocenters. The van der Waals surface area contributed by atoms with Crippen molar-refractivity contribution in [2.45, 2.75) is 40.3 Å². The van der Waals surface area contributed by atoms with Crippen LogP contribution in [0.1, 0.15) is 41.4 Å². The van der Waals surface area contributed by atoms with Crippen molar-refractivity contribution in [2.75, 3.05) is 5.32 Å². The number of pyridine rings is 2. The number of rotatable bonds is 8. The average Bonchev–Trinajstić information content (AvgIpc) is 3.22. The van der Waals surface area contributed by atoms with Crippen LogP contribution in [-0.4, -0.2) is 42.1 Å². The third-order valence-corrected chi connectivity index (χ3v) is 4.67. The van der Waals surface area contributed by atoms with Crippen LogP contribution in [0.3, 0.4) is 0 Å². The molecule has 10 nitrogen and oxygen atoms in total. The van der Waals surface area contributed by atoms with Crippen molar-refractivity contribution >= 4 is 17.5 Å². The molecule has 0 aliphatic heterocycles. The summed E-state index contributed by atoms with van der Waals surface area (Å²) in [6.45, 7) is 8.00. The molecule has 0 saturated carbocycles. The Morgan fingerprint density at radius 2 is 1.88 bits per heavy atom. The lowest BCUT2D eigenvalue weighted by Gasteiger charge is -2.10. The molecule has 174 valence electrons. The lowest BCUT2D eigenvalue weighted by Crippen LogP contribution is -2.24. The molecule has 34 heavy (non-hydrogen) atoms. The van der Waals surface area contributed by atoms with Gasteiger partial charge in [0.15, 0.2) is 11.6 Å². The fourth-order valence-electron chi connectivity index (χ4n) is 3.15. The van der Waals surface area contributed by atoms with E-state index in [9.17, 15) is 4.79 Å². The summed E-state index contributed by atoms with van der Waals surface area (Å²) in [5, 5.41) is 13.0. The minimum atomic E-state index is -0.294. The van der Waals surface area contributed by atoms with E-state index in [1.54, 1.807) is 24.5 Å². The summed E-state index contributed by atoms with van der Waals surface area (Å²) in [4.78, 5) is 30.2. The van der Waals surface area contributed by atoms with Crippen LogP contribution in [0.15, 0.2) is 48.8 Å². The van der Waals surface area contributed by atoms with Crippen LogP contribution in [0.2, 0.25) is 0 Å². The minimum Gasteiger partial charge on any atom is -0.489 e. The van der Waals surface area contributed by atoms with Gasteiger partial charge in [0.05, 0.1) is 24.5 Å². The number of nitrogens with zero attached hydrogens (tertiary/aromatic N) is 5. The van der Waals surface area contributed by atoms with Crippen molar-refractivity contribution in [2.24, 2.45) is 0 Å². The highest BCUT2D eigenvalue weighted by atomic mass is 16.5. The number of carbonyl (C=O) groups excluding carboxylic acids is 1. The number of aromatic amines is 1. The number of aryl methyl sites for hydroxylation is 2. The maximum atomic E-state index is 12.5. The van der Waals surface area contributed by atoms with Crippen LogP contribution in [-0.2, 0) is 6.54 Å². The van der Waals surface area contributed by atoms with Gasteiger partial charge in [0.1, 0.15) is 17.3 Å². The molecular formula is C24H26N8O2. The molecule has 4 rings (SSSR count). The van der Waals surface area contributed by atoms with Gasteiger partial charge in [-0.05, 0) is 52.0 Å². The van der Waals surface area contributed by atoms with Gasteiger partial charge in [0, 0.05) is 35.3 Å². The number of anilines is 2. The van der Waals surface area contributed by atoms with Gasteiger partial charge in [-0.3, -0.25) is 19.9 Å². The molecule has 4 aromatic heterocycles. The Morgan fingerprint density at radius 3 is 2.53 bits per heavy atom. The smallest absolute Gasteiger partial charge is 0.270 e. The molecule has 0 saturated heterocycles. The molecule has 4 aromatic rings. The molecule has 0 aliphatic rings. The predicted molar refractivity (Wildman–Crippen MR) is 128 cm³/mol. The van der Waals surface area contributed by atoms with Crippen molar-refractivity contribution in [3.8, 4) is 17.1 Å². The molecule has 10 heteroatoms. The van der Waals surface area contributed by atoms with E-state index in [-0.39, 0.29) is 18.6 Å². The van der Waals surface area contributed by atoms with Gasteiger partial charge in [-0.25, -0.2) is 9.97 Å². The number of ether oxygens (including phenoxy) is 1. The first-order valence-corrected chi connectivity index (χ1v) is 10.9. The van der Waals surface area contributed by atoms with Gasteiger partial charge < -0.3 is 15.4 Å². The average molecular weight is 459 g/mol. The Balaban J connectivity index is 1.40. The first-order valence-electron chi connectivity index (χ1n) is 10.9. The number of carbonyl (C=O) groups is 1. The molecule has 0 bridgehead atoms. The van der Waals surface area contributed by atoms with E-state index in [1.807, 2.05) is 52.0 Å². The molecule has 4 heterocycles. The van der Waals surface area contributed by atoms with E-state index in [0.717, 1.165) is 17.1 Å². The Bertz CT molecular complexity index is 1270. The lowest BCUT2D eigenvalue weighted by atomic mass is 10.2. The molecule has 1 amide bonds. The number of hydrogen-bond donors (Lipinski definition) is 3. The van der Waals surface area contributed by atoms with E-state index in [1.165, 1.54) is 0 Å². The summed E-state index contributed by atoms with van der Waals surface area (Å²) in [6, 6.07) is 10.8. The predicted octanol–water partition coefficient (Wildman–Crippen LogP) is 3.73. The highest BCUT2D eigenvalue weighted by Gasteiger charge is 2.11.